The van der Waals surface area contributed by atoms with Crippen LogP contribution in [0, 0.1) is 0 Å². The topological polar surface area (TPSA) is 110 Å². The highest BCUT2D eigenvalue weighted by atomic mass is 16.6. The van der Waals surface area contributed by atoms with E-state index in [0.717, 1.165) is 0 Å². The van der Waals surface area contributed by atoms with Gasteiger partial charge in [0, 0.05) is 25.3 Å². The molecule has 0 saturated heterocycles. The van der Waals surface area contributed by atoms with Crippen molar-refractivity contribution in [2.24, 2.45) is 0 Å². The lowest BCUT2D eigenvalue weighted by atomic mass is 10.0. The van der Waals surface area contributed by atoms with E-state index >= 15 is 0 Å². The van der Waals surface area contributed by atoms with Crippen molar-refractivity contribution < 1.29 is 37.7 Å². The third-order valence-corrected chi connectivity index (χ3v) is 4.28. The third kappa shape index (κ3) is 4.45. The third-order valence-electron chi connectivity index (χ3n) is 4.28. The molecule has 2 aromatic carbocycles. The van der Waals surface area contributed by atoms with E-state index in [1.165, 1.54) is 47.3 Å². The van der Waals surface area contributed by atoms with E-state index in [0.29, 0.717) is 28.2 Å². The predicted molar refractivity (Wildman–Crippen MR) is 110 cm³/mol. The van der Waals surface area contributed by atoms with Crippen molar-refractivity contribution in [2.75, 3.05) is 21.3 Å². The zero-order chi connectivity index (χ0) is 22.7. The van der Waals surface area contributed by atoms with Gasteiger partial charge in [0.05, 0.1) is 26.9 Å². The zero-order valence-corrected chi connectivity index (χ0v) is 17.6. The molecule has 0 radical (unpaired) electrons. The maximum Gasteiger partial charge on any atom is 0.344 e. The fourth-order valence-electron chi connectivity index (χ4n) is 3.03. The summed E-state index contributed by atoms with van der Waals surface area (Å²) in [7, 11) is 4.40. The maximum atomic E-state index is 12.7. The van der Waals surface area contributed by atoms with E-state index in [-0.39, 0.29) is 22.6 Å². The summed E-state index contributed by atoms with van der Waals surface area (Å²) in [6.07, 6.45) is 0. The summed E-state index contributed by atoms with van der Waals surface area (Å²) in [6.45, 7) is 2.42. The number of fused-ring (bicyclic) bond motifs is 1. The molecule has 1 aromatic heterocycles. The highest BCUT2D eigenvalue weighted by Gasteiger charge is 2.19. The van der Waals surface area contributed by atoms with Gasteiger partial charge in [0.2, 0.25) is 5.75 Å². The van der Waals surface area contributed by atoms with Gasteiger partial charge in [0.1, 0.15) is 5.58 Å². The Balaban J connectivity index is 2.23. The Labute approximate surface area is 177 Å². The van der Waals surface area contributed by atoms with Crippen LogP contribution in [-0.2, 0) is 9.59 Å². The van der Waals surface area contributed by atoms with Crippen LogP contribution in [-0.4, -0.2) is 33.3 Å². The number of ether oxygens (including phenoxy) is 5. The van der Waals surface area contributed by atoms with Crippen LogP contribution in [0.1, 0.15) is 13.8 Å². The number of hydrogen-bond acceptors (Lipinski definition) is 9. The van der Waals surface area contributed by atoms with Gasteiger partial charge in [-0.3, -0.25) is 9.59 Å². The Morgan fingerprint density at radius 1 is 0.742 bits per heavy atom. The molecule has 1 heterocycles. The molecule has 3 rings (SSSR count). The van der Waals surface area contributed by atoms with Crippen LogP contribution in [0.15, 0.2) is 39.5 Å². The molecule has 0 unspecified atom stereocenters. The first-order chi connectivity index (χ1) is 14.8. The van der Waals surface area contributed by atoms with Gasteiger partial charge in [0.25, 0.3) is 0 Å². The van der Waals surface area contributed by atoms with Gasteiger partial charge in [-0.05, 0) is 29.8 Å². The number of benzene rings is 2. The molecule has 0 aliphatic heterocycles. The molecule has 9 nitrogen and oxygen atoms in total. The highest BCUT2D eigenvalue weighted by Crippen LogP contribution is 2.41. The van der Waals surface area contributed by atoms with Crippen molar-refractivity contribution in [3.63, 3.8) is 0 Å². The number of rotatable bonds is 6. The average molecular weight is 428 g/mol. The molecular weight excluding hydrogens is 408 g/mol. The first-order valence-electron chi connectivity index (χ1n) is 9.06. The molecule has 0 spiro atoms. The van der Waals surface area contributed by atoms with Gasteiger partial charge in [0.15, 0.2) is 23.0 Å². The normalized spacial score (nSPS) is 10.5. The molecule has 31 heavy (non-hydrogen) atoms. The van der Waals surface area contributed by atoms with Crippen molar-refractivity contribution in [3.05, 3.63) is 40.8 Å². The molecule has 0 N–H and O–H groups in total. The number of esters is 2. The first-order valence-corrected chi connectivity index (χ1v) is 9.06. The fourth-order valence-corrected chi connectivity index (χ4v) is 3.03. The summed E-state index contributed by atoms with van der Waals surface area (Å²) in [4.78, 5) is 35.5. The summed E-state index contributed by atoms with van der Waals surface area (Å²) in [5, 5.41) is 0.440. The molecule has 0 atom stereocenters. The van der Waals surface area contributed by atoms with E-state index in [1.54, 1.807) is 18.2 Å². The standard InChI is InChI=1S/C22H20O9/c1-11(23)29-17-9-14-6-15(22(25)31-16(14)10-18(17)30-12(2)24)13-7-19(26-3)21(28-5)20(8-13)27-4/h6-10H,1-5H3. The summed E-state index contributed by atoms with van der Waals surface area (Å²) in [5.41, 5.74) is 0.174. The lowest BCUT2D eigenvalue weighted by Crippen LogP contribution is -2.08. The maximum absolute atomic E-state index is 12.7. The second-order valence-corrected chi connectivity index (χ2v) is 6.39. The Bertz CT molecular complexity index is 1200. The Morgan fingerprint density at radius 2 is 1.29 bits per heavy atom. The van der Waals surface area contributed by atoms with Crippen molar-refractivity contribution >= 4 is 22.9 Å². The van der Waals surface area contributed by atoms with Gasteiger partial charge in [-0.25, -0.2) is 4.79 Å². The van der Waals surface area contributed by atoms with Crippen LogP contribution in [0.4, 0.5) is 0 Å². The zero-order valence-electron chi connectivity index (χ0n) is 17.6. The van der Waals surface area contributed by atoms with Crippen molar-refractivity contribution in [1.29, 1.82) is 0 Å². The molecule has 0 fully saturated rings. The molecule has 162 valence electrons. The van der Waals surface area contributed by atoms with Crippen LogP contribution < -0.4 is 29.3 Å². The molecule has 0 amide bonds. The van der Waals surface area contributed by atoms with Crippen molar-refractivity contribution in [3.8, 4) is 39.9 Å². The second-order valence-electron chi connectivity index (χ2n) is 6.39. The lowest BCUT2D eigenvalue weighted by Gasteiger charge is -2.14. The van der Waals surface area contributed by atoms with E-state index in [4.69, 9.17) is 28.1 Å². The van der Waals surface area contributed by atoms with Crippen LogP contribution in [0.5, 0.6) is 28.7 Å². The van der Waals surface area contributed by atoms with Crippen LogP contribution >= 0.6 is 0 Å². The minimum atomic E-state index is -0.643. The minimum Gasteiger partial charge on any atom is -0.493 e. The lowest BCUT2D eigenvalue weighted by molar-refractivity contribution is -0.134. The number of hydrogen-bond donors (Lipinski definition) is 0. The highest BCUT2D eigenvalue weighted by molar-refractivity contribution is 5.87. The average Bonchev–Trinajstić information content (AvgIpc) is 2.72. The Hall–Kier alpha value is -4.01. The van der Waals surface area contributed by atoms with E-state index in [2.05, 4.69) is 0 Å². The van der Waals surface area contributed by atoms with E-state index < -0.39 is 17.6 Å². The Morgan fingerprint density at radius 3 is 1.77 bits per heavy atom. The largest absolute Gasteiger partial charge is 0.493 e. The first kappa shape index (κ1) is 21.7. The van der Waals surface area contributed by atoms with Crippen molar-refractivity contribution in [1.82, 2.24) is 0 Å². The molecule has 9 heteroatoms. The summed E-state index contributed by atoms with van der Waals surface area (Å²) < 4.78 is 31.6. The van der Waals surface area contributed by atoms with Crippen LogP contribution in [0.2, 0.25) is 0 Å². The monoisotopic (exact) mass is 428 g/mol. The number of carbonyl (C=O) groups is 2. The molecule has 0 aliphatic carbocycles. The summed E-state index contributed by atoms with van der Waals surface area (Å²) in [6, 6.07) is 7.54. The van der Waals surface area contributed by atoms with E-state index in [1.807, 2.05) is 0 Å². The molecule has 0 aliphatic rings. The quantitative estimate of drug-likeness (QED) is 0.332. The smallest absolute Gasteiger partial charge is 0.344 e. The summed E-state index contributed by atoms with van der Waals surface area (Å²) in [5.74, 6) is -0.149. The van der Waals surface area contributed by atoms with Gasteiger partial charge in [-0.2, -0.15) is 0 Å². The minimum absolute atomic E-state index is 0.0138. The van der Waals surface area contributed by atoms with Gasteiger partial charge >= 0.3 is 17.6 Å². The second kappa shape index (κ2) is 8.78. The predicted octanol–water partition coefficient (Wildman–Crippen LogP) is 3.34. The van der Waals surface area contributed by atoms with Crippen molar-refractivity contribution in [2.45, 2.75) is 13.8 Å². The van der Waals surface area contributed by atoms with Gasteiger partial charge in [-0.1, -0.05) is 0 Å². The summed E-state index contributed by atoms with van der Waals surface area (Å²) >= 11 is 0. The fraction of sp³-hybridized carbons (Fsp3) is 0.227. The molecule has 0 bridgehead atoms. The number of carbonyl (C=O) groups excluding carboxylic acids is 2. The van der Waals surface area contributed by atoms with Crippen LogP contribution in [0.3, 0.4) is 0 Å². The molecule has 3 aromatic rings. The van der Waals surface area contributed by atoms with Crippen LogP contribution in [0.25, 0.3) is 22.1 Å². The Kier molecular flexibility index (Phi) is 6.15. The van der Waals surface area contributed by atoms with Gasteiger partial charge in [-0.15, -0.1) is 0 Å². The van der Waals surface area contributed by atoms with Gasteiger partial charge < -0.3 is 28.1 Å². The number of methoxy groups -OCH3 is 3. The SMILES string of the molecule is COc1cc(-c2cc3cc(OC(C)=O)c(OC(C)=O)cc3oc2=O)cc(OC)c1OC. The molecule has 0 saturated carbocycles. The van der Waals surface area contributed by atoms with E-state index in [9.17, 15) is 14.4 Å². The molecular formula is C22H20O9.